The predicted molar refractivity (Wildman–Crippen MR) is 76.7 cm³/mol. The van der Waals surface area contributed by atoms with Crippen molar-refractivity contribution in [3.63, 3.8) is 0 Å². The number of rotatable bonds is 4. The van der Waals surface area contributed by atoms with E-state index in [0.717, 1.165) is 4.90 Å². The SMILES string of the molecule is O=C(CSc1ccc(O)cc1)Nc1cccnc1Cl. The third-order valence-electron chi connectivity index (χ3n) is 2.24. The van der Waals surface area contributed by atoms with E-state index in [1.54, 1.807) is 42.6 Å². The molecule has 1 aromatic heterocycles. The number of aromatic nitrogens is 1. The number of carbonyl (C=O) groups excluding carboxylic acids is 1. The number of phenols is 1. The quantitative estimate of drug-likeness (QED) is 0.671. The lowest BCUT2D eigenvalue weighted by Gasteiger charge is -2.06. The first kappa shape index (κ1) is 13.7. The standard InChI is InChI=1S/C13H11ClN2O2S/c14-13-11(2-1-7-15-13)16-12(18)8-19-10-5-3-9(17)4-6-10/h1-7,17H,8H2,(H,16,18). The molecular weight excluding hydrogens is 284 g/mol. The summed E-state index contributed by atoms with van der Waals surface area (Å²) in [4.78, 5) is 16.5. The van der Waals surface area contributed by atoms with E-state index in [2.05, 4.69) is 10.3 Å². The van der Waals surface area contributed by atoms with Gasteiger partial charge in [-0.15, -0.1) is 11.8 Å². The van der Waals surface area contributed by atoms with Gasteiger partial charge in [-0.1, -0.05) is 11.6 Å². The highest BCUT2D eigenvalue weighted by Gasteiger charge is 2.06. The maximum atomic E-state index is 11.7. The molecule has 0 unspecified atom stereocenters. The summed E-state index contributed by atoms with van der Waals surface area (Å²) < 4.78 is 0. The first-order chi connectivity index (χ1) is 9.15. The number of hydrogen-bond donors (Lipinski definition) is 2. The van der Waals surface area contributed by atoms with Gasteiger partial charge < -0.3 is 10.4 Å². The summed E-state index contributed by atoms with van der Waals surface area (Å²) in [5, 5.41) is 12.1. The summed E-state index contributed by atoms with van der Waals surface area (Å²) in [7, 11) is 0. The smallest absolute Gasteiger partial charge is 0.234 e. The number of halogens is 1. The molecule has 0 saturated carbocycles. The van der Waals surface area contributed by atoms with Crippen LogP contribution in [0.2, 0.25) is 5.15 Å². The van der Waals surface area contributed by atoms with Gasteiger partial charge in [-0.25, -0.2) is 4.98 Å². The Hall–Kier alpha value is -1.72. The first-order valence-electron chi connectivity index (χ1n) is 5.47. The van der Waals surface area contributed by atoms with Crippen LogP contribution in [0.3, 0.4) is 0 Å². The Morgan fingerprint density at radius 3 is 2.74 bits per heavy atom. The predicted octanol–water partition coefficient (Wildman–Crippen LogP) is 3.17. The van der Waals surface area contributed by atoms with Crippen molar-refractivity contribution in [2.75, 3.05) is 11.1 Å². The maximum absolute atomic E-state index is 11.7. The molecule has 0 bridgehead atoms. The molecule has 0 fully saturated rings. The number of anilines is 1. The molecule has 1 aromatic carbocycles. The summed E-state index contributed by atoms with van der Waals surface area (Å²) in [6.45, 7) is 0. The highest BCUT2D eigenvalue weighted by Crippen LogP contribution is 2.22. The average Bonchev–Trinajstić information content (AvgIpc) is 2.41. The van der Waals surface area contributed by atoms with Crippen LogP contribution in [0.5, 0.6) is 5.75 Å². The van der Waals surface area contributed by atoms with E-state index in [1.165, 1.54) is 11.8 Å². The zero-order valence-corrected chi connectivity index (χ0v) is 11.4. The zero-order chi connectivity index (χ0) is 13.7. The Morgan fingerprint density at radius 2 is 2.05 bits per heavy atom. The second-order valence-corrected chi connectivity index (χ2v) is 5.08. The van der Waals surface area contributed by atoms with Crippen LogP contribution in [0.15, 0.2) is 47.5 Å². The number of amides is 1. The molecule has 0 aliphatic carbocycles. The van der Waals surface area contributed by atoms with E-state index < -0.39 is 0 Å². The summed E-state index contributed by atoms with van der Waals surface area (Å²) in [6.07, 6.45) is 1.56. The minimum absolute atomic E-state index is 0.159. The highest BCUT2D eigenvalue weighted by molar-refractivity contribution is 8.00. The van der Waals surface area contributed by atoms with Gasteiger partial charge in [0, 0.05) is 11.1 Å². The van der Waals surface area contributed by atoms with Gasteiger partial charge in [-0.05, 0) is 36.4 Å². The van der Waals surface area contributed by atoms with Crippen LogP contribution in [0, 0.1) is 0 Å². The third kappa shape index (κ3) is 4.15. The van der Waals surface area contributed by atoms with E-state index in [-0.39, 0.29) is 22.6 Å². The summed E-state index contributed by atoms with van der Waals surface area (Å²) >= 11 is 7.22. The van der Waals surface area contributed by atoms with E-state index >= 15 is 0 Å². The molecule has 6 heteroatoms. The number of nitrogens with one attached hydrogen (secondary N) is 1. The number of pyridine rings is 1. The van der Waals surface area contributed by atoms with Crippen LogP contribution in [0.1, 0.15) is 0 Å². The van der Waals surface area contributed by atoms with Crippen LogP contribution in [0.4, 0.5) is 5.69 Å². The molecule has 0 aliphatic heterocycles. The van der Waals surface area contributed by atoms with Crippen molar-refractivity contribution in [1.29, 1.82) is 0 Å². The van der Waals surface area contributed by atoms with Crippen LogP contribution < -0.4 is 5.32 Å². The largest absolute Gasteiger partial charge is 0.508 e. The maximum Gasteiger partial charge on any atom is 0.234 e. The monoisotopic (exact) mass is 294 g/mol. The van der Waals surface area contributed by atoms with Gasteiger partial charge in [0.1, 0.15) is 5.75 Å². The van der Waals surface area contributed by atoms with Crippen molar-refractivity contribution < 1.29 is 9.90 Å². The van der Waals surface area contributed by atoms with Gasteiger partial charge in [0.15, 0.2) is 5.15 Å². The molecule has 2 N–H and O–H groups in total. The van der Waals surface area contributed by atoms with Crippen molar-refractivity contribution in [2.24, 2.45) is 0 Å². The Balaban J connectivity index is 1.88. The molecule has 0 atom stereocenters. The van der Waals surface area contributed by atoms with Gasteiger partial charge in [-0.3, -0.25) is 4.79 Å². The molecule has 19 heavy (non-hydrogen) atoms. The highest BCUT2D eigenvalue weighted by atomic mass is 35.5. The Bertz CT molecular complexity index is 575. The van der Waals surface area contributed by atoms with Gasteiger partial charge in [0.2, 0.25) is 5.91 Å². The van der Waals surface area contributed by atoms with Crippen LogP contribution >= 0.6 is 23.4 Å². The summed E-state index contributed by atoms with van der Waals surface area (Å²) in [5.74, 6) is 0.305. The minimum Gasteiger partial charge on any atom is -0.508 e. The fraction of sp³-hybridized carbons (Fsp3) is 0.0769. The fourth-order valence-electron chi connectivity index (χ4n) is 1.36. The number of hydrogen-bond acceptors (Lipinski definition) is 4. The number of carbonyl (C=O) groups is 1. The molecule has 1 heterocycles. The number of nitrogens with zero attached hydrogens (tertiary/aromatic N) is 1. The van der Waals surface area contributed by atoms with Gasteiger partial charge in [-0.2, -0.15) is 0 Å². The number of phenolic OH excluding ortho intramolecular Hbond substituents is 1. The second kappa shape index (κ2) is 6.45. The lowest BCUT2D eigenvalue weighted by Crippen LogP contribution is -2.14. The molecular formula is C13H11ClN2O2S. The average molecular weight is 295 g/mol. The summed E-state index contributed by atoms with van der Waals surface area (Å²) in [5.41, 5.74) is 0.500. The number of benzene rings is 1. The first-order valence-corrected chi connectivity index (χ1v) is 6.84. The van der Waals surface area contributed by atoms with Gasteiger partial charge >= 0.3 is 0 Å². The molecule has 4 nitrogen and oxygen atoms in total. The van der Waals surface area contributed by atoms with Crippen molar-refractivity contribution >= 4 is 35.0 Å². The lowest BCUT2D eigenvalue weighted by molar-refractivity contribution is -0.113. The topological polar surface area (TPSA) is 62.2 Å². The molecule has 2 aromatic rings. The molecule has 0 spiro atoms. The normalized spacial score (nSPS) is 10.2. The number of thioether (sulfide) groups is 1. The molecule has 0 aliphatic rings. The van der Waals surface area contributed by atoms with Gasteiger partial charge in [0.05, 0.1) is 11.4 Å². The Labute approximate surface area is 119 Å². The lowest BCUT2D eigenvalue weighted by atomic mass is 10.3. The molecule has 2 rings (SSSR count). The van der Waals surface area contributed by atoms with Crippen molar-refractivity contribution in [2.45, 2.75) is 4.90 Å². The third-order valence-corrected chi connectivity index (χ3v) is 3.55. The van der Waals surface area contributed by atoms with Crippen molar-refractivity contribution in [1.82, 2.24) is 4.98 Å². The van der Waals surface area contributed by atoms with Crippen molar-refractivity contribution in [3.05, 3.63) is 47.7 Å². The molecule has 0 radical (unpaired) electrons. The van der Waals surface area contributed by atoms with Crippen LogP contribution in [-0.2, 0) is 4.79 Å². The molecule has 0 saturated heterocycles. The van der Waals surface area contributed by atoms with E-state index in [4.69, 9.17) is 16.7 Å². The van der Waals surface area contributed by atoms with Gasteiger partial charge in [0.25, 0.3) is 0 Å². The zero-order valence-electron chi connectivity index (χ0n) is 9.84. The minimum atomic E-state index is -0.159. The van der Waals surface area contributed by atoms with E-state index in [0.29, 0.717) is 5.69 Å². The second-order valence-electron chi connectivity index (χ2n) is 3.67. The fourth-order valence-corrected chi connectivity index (χ4v) is 2.22. The summed E-state index contributed by atoms with van der Waals surface area (Å²) in [6, 6.07) is 10.1. The van der Waals surface area contributed by atoms with Crippen LogP contribution in [-0.4, -0.2) is 21.8 Å². The van der Waals surface area contributed by atoms with E-state index in [9.17, 15) is 4.79 Å². The molecule has 1 amide bonds. The Kier molecular flexibility index (Phi) is 4.65. The van der Waals surface area contributed by atoms with Crippen molar-refractivity contribution in [3.8, 4) is 5.75 Å². The van der Waals surface area contributed by atoms with E-state index in [1.807, 2.05) is 0 Å². The van der Waals surface area contributed by atoms with Crippen LogP contribution in [0.25, 0.3) is 0 Å². The molecule has 98 valence electrons. The number of aromatic hydroxyl groups is 1. The Morgan fingerprint density at radius 1 is 1.32 bits per heavy atom.